The molecule has 3 fully saturated rings. The molecule has 3 saturated heterocycles. The highest BCUT2D eigenvalue weighted by Crippen LogP contribution is 2.43. The molecule has 0 bridgehead atoms. The number of halogens is 2. The second-order valence-corrected chi connectivity index (χ2v) is 19.3. The first-order chi connectivity index (χ1) is 36.3. The van der Waals surface area contributed by atoms with Gasteiger partial charge in [0.1, 0.15) is 41.6 Å². The quantitative estimate of drug-likeness (QED) is 0.0435. The Morgan fingerprint density at radius 2 is 1.53 bits per heavy atom. The van der Waals surface area contributed by atoms with Crippen LogP contribution in [0.15, 0.2) is 60.7 Å². The summed E-state index contributed by atoms with van der Waals surface area (Å²) in [7, 11) is 0. The molecular formula is C53H61ClFN7O13. The van der Waals surface area contributed by atoms with Gasteiger partial charge in [-0.25, -0.2) is 4.39 Å². The monoisotopic (exact) mass is 1060 g/mol. The van der Waals surface area contributed by atoms with E-state index in [1.165, 1.54) is 15.9 Å². The van der Waals surface area contributed by atoms with E-state index < -0.39 is 36.1 Å². The maximum absolute atomic E-state index is 17.1. The van der Waals surface area contributed by atoms with E-state index in [-0.39, 0.29) is 84.9 Å². The fourth-order valence-corrected chi connectivity index (χ4v) is 10.3. The summed E-state index contributed by atoms with van der Waals surface area (Å²) >= 11 is 6.89. The number of amides is 4. The highest BCUT2D eigenvalue weighted by atomic mass is 35.5. The molecule has 4 N–H and O–H groups in total. The van der Waals surface area contributed by atoms with E-state index in [4.69, 9.17) is 45.0 Å². The highest BCUT2D eigenvalue weighted by molar-refractivity contribution is 6.35. The molecule has 0 aliphatic carbocycles. The Kier molecular flexibility index (Phi) is 17.5. The number of fused-ring (bicyclic) bond motifs is 3. The summed E-state index contributed by atoms with van der Waals surface area (Å²) in [5, 5.41) is 33.7. The molecule has 4 amide bonds. The number of phenols is 1. The molecule has 9 rings (SSSR count). The maximum Gasteiger partial charge on any atom is 0.319 e. The Morgan fingerprint density at radius 1 is 0.827 bits per heavy atom. The number of nitrogens with one attached hydrogen (secondary N) is 1. The van der Waals surface area contributed by atoms with Crippen LogP contribution >= 0.6 is 11.6 Å². The Labute approximate surface area is 437 Å². The summed E-state index contributed by atoms with van der Waals surface area (Å²) in [5.74, 6) is -1.62. The SMILES string of the molecule is C[C@H](CN1CCC(OCCOCCOCCOCCOc2ccc3c(c2)CN(C2CCC(=O)NC2=O)C3=O)CC1)Oc1nc(N2CCN(C(=O)C(O)O)CC2)c2cc(Cl)c(-c3cc(O)cc4ccccc34)c(F)c2n1. The Bertz CT molecular complexity index is 2880. The number of nitrogens with zero attached hydrogens (tertiary/aromatic N) is 6. The van der Waals surface area contributed by atoms with Crippen LogP contribution in [0, 0.1) is 5.82 Å². The van der Waals surface area contributed by atoms with Crippen molar-refractivity contribution in [1.29, 1.82) is 0 Å². The summed E-state index contributed by atoms with van der Waals surface area (Å²) in [6.07, 6.45) is -0.295. The van der Waals surface area contributed by atoms with E-state index >= 15 is 4.39 Å². The number of benzene rings is 4. The topological polar surface area (TPSA) is 235 Å². The third kappa shape index (κ3) is 12.9. The van der Waals surface area contributed by atoms with Crippen LogP contribution in [0.4, 0.5) is 10.2 Å². The van der Waals surface area contributed by atoms with Crippen LogP contribution in [-0.4, -0.2) is 187 Å². The van der Waals surface area contributed by atoms with Crippen LogP contribution in [0.1, 0.15) is 48.5 Å². The molecule has 1 aromatic heterocycles. The summed E-state index contributed by atoms with van der Waals surface area (Å²) in [4.78, 5) is 65.5. The van der Waals surface area contributed by atoms with Crippen LogP contribution in [0.2, 0.25) is 5.02 Å². The number of hydrogen-bond acceptors (Lipinski definition) is 17. The van der Waals surface area contributed by atoms with Crippen molar-refractivity contribution in [2.24, 2.45) is 0 Å². The van der Waals surface area contributed by atoms with Crippen molar-refractivity contribution < 1.29 is 67.3 Å². The number of hydrogen-bond donors (Lipinski definition) is 4. The lowest BCUT2D eigenvalue weighted by molar-refractivity contribution is -0.159. The van der Waals surface area contributed by atoms with E-state index in [1.54, 1.807) is 30.3 Å². The van der Waals surface area contributed by atoms with Gasteiger partial charge in [-0.1, -0.05) is 35.9 Å². The molecule has 5 aromatic rings. The van der Waals surface area contributed by atoms with Crippen LogP contribution in [0.25, 0.3) is 32.8 Å². The number of phenolic OH excluding ortho intramolecular Hbond substituents is 1. The number of aromatic hydroxyl groups is 1. The van der Waals surface area contributed by atoms with E-state index in [2.05, 4.69) is 15.2 Å². The number of anilines is 1. The van der Waals surface area contributed by atoms with Crippen LogP contribution < -0.4 is 19.7 Å². The molecule has 1 unspecified atom stereocenters. The van der Waals surface area contributed by atoms with Gasteiger partial charge in [-0.15, -0.1) is 0 Å². The first-order valence-corrected chi connectivity index (χ1v) is 25.6. The minimum Gasteiger partial charge on any atom is -0.508 e. The highest BCUT2D eigenvalue weighted by Gasteiger charge is 2.39. The smallest absolute Gasteiger partial charge is 0.319 e. The predicted octanol–water partition coefficient (Wildman–Crippen LogP) is 4.05. The van der Waals surface area contributed by atoms with E-state index in [0.29, 0.717) is 105 Å². The molecule has 5 heterocycles. The van der Waals surface area contributed by atoms with Gasteiger partial charge in [-0.05, 0) is 84.5 Å². The Morgan fingerprint density at radius 3 is 2.25 bits per heavy atom. The molecule has 0 radical (unpaired) electrons. The zero-order chi connectivity index (χ0) is 52.6. The van der Waals surface area contributed by atoms with Crippen molar-refractivity contribution in [3.63, 3.8) is 0 Å². The molecule has 0 saturated carbocycles. The summed E-state index contributed by atoms with van der Waals surface area (Å²) < 4.78 is 52.3. The molecule has 75 heavy (non-hydrogen) atoms. The largest absolute Gasteiger partial charge is 0.508 e. The lowest BCUT2D eigenvalue weighted by Gasteiger charge is -2.36. The number of rotatable bonds is 22. The van der Waals surface area contributed by atoms with Gasteiger partial charge in [-0.2, -0.15) is 9.97 Å². The average Bonchev–Trinajstić information content (AvgIpc) is 3.73. The van der Waals surface area contributed by atoms with E-state index in [1.807, 2.05) is 36.1 Å². The van der Waals surface area contributed by atoms with Crippen molar-refractivity contribution in [1.82, 2.24) is 30.0 Å². The van der Waals surface area contributed by atoms with Gasteiger partial charge in [0.05, 0.1) is 57.4 Å². The molecule has 2 atom stereocenters. The summed E-state index contributed by atoms with van der Waals surface area (Å²) in [6.45, 7) is 8.26. The van der Waals surface area contributed by atoms with Crippen molar-refractivity contribution in [3.8, 4) is 28.6 Å². The molecule has 20 nitrogen and oxygen atoms in total. The first kappa shape index (κ1) is 53.5. The van der Waals surface area contributed by atoms with Crippen molar-refractivity contribution in [2.45, 2.75) is 63.7 Å². The normalized spacial score (nSPS) is 18.1. The number of likely N-dealkylation sites (tertiary alicyclic amines) is 1. The van der Waals surface area contributed by atoms with Gasteiger partial charge in [0.2, 0.25) is 18.1 Å². The summed E-state index contributed by atoms with van der Waals surface area (Å²) in [5.41, 5.74) is 1.72. The Balaban J connectivity index is 0.680. The minimum atomic E-state index is -2.12. The standard InChI is InChI=1S/C53H61ClFN7O13/c1-32(75-53-57-47-41(48(58-53)60-14-16-61(17-15-60)51(67)52(68)69)29-42(54)45(46(47)55)40-28-35(63)26-33-4-2-3-5-38(33)40)30-59-12-10-36(11-13-59)73-24-22-71-20-18-70-19-21-72-23-25-74-37-6-7-39-34(27-37)31-62(50(39)66)43-8-9-44(64)56-49(43)65/h2-7,26-29,32,36,43,52,63,68-69H,8-25,30-31H2,1H3,(H,56,64,65)/t32-,43?/m1/s1. The second kappa shape index (κ2) is 24.6. The number of aliphatic hydroxyl groups excluding tert-OH is 1. The molecular weight excluding hydrogens is 997 g/mol. The van der Waals surface area contributed by atoms with E-state index in [0.717, 1.165) is 31.5 Å². The first-order valence-electron chi connectivity index (χ1n) is 25.3. The average molecular weight is 1060 g/mol. The van der Waals surface area contributed by atoms with E-state index in [9.17, 15) is 34.5 Å². The molecule has 4 aromatic carbocycles. The lowest BCUT2D eigenvalue weighted by atomic mass is 9.96. The minimum absolute atomic E-state index is 0.0309. The number of imide groups is 1. The number of carbonyl (C=O) groups is 4. The number of aliphatic hydroxyl groups is 2. The maximum atomic E-state index is 17.1. The molecule has 400 valence electrons. The lowest BCUT2D eigenvalue weighted by Crippen LogP contribution is -2.52. The number of carbonyl (C=O) groups excluding carboxylic acids is 4. The van der Waals surface area contributed by atoms with Gasteiger partial charge in [0.15, 0.2) is 5.82 Å². The van der Waals surface area contributed by atoms with Crippen molar-refractivity contribution in [2.75, 3.05) is 104 Å². The van der Waals surface area contributed by atoms with Gasteiger partial charge >= 0.3 is 6.01 Å². The fraction of sp³-hybridized carbons (Fsp3) is 0.472. The van der Waals surface area contributed by atoms with Crippen LogP contribution in [0.5, 0.6) is 17.5 Å². The Hall–Kier alpha value is -6.30. The number of piperazine rings is 1. The third-order valence-corrected chi connectivity index (χ3v) is 14.0. The molecule has 4 aliphatic heterocycles. The number of ether oxygens (including phenoxy) is 6. The fourth-order valence-electron chi connectivity index (χ4n) is 10.0. The summed E-state index contributed by atoms with van der Waals surface area (Å²) in [6, 6.07) is 16.5. The van der Waals surface area contributed by atoms with Gasteiger partial charge in [0.25, 0.3) is 11.8 Å². The van der Waals surface area contributed by atoms with Crippen LogP contribution in [0.3, 0.4) is 0 Å². The molecule has 0 spiro atoms. The van der Waals surface area contributed by atoms with Crippen molar-refractivity contribution >= 4 is 62.7 Å². The van der Waals surface area contributed by atoms with Gasteiger partial charge in [0, 0.05) is 75.3 Å². The van der Waals surface area contributed by atoms with Crippen LogP contribution in [-0.2, 0) is 39.9 Å². The van der Waals surface area contributed by atoms with Crippen molar-refractivity contribution in [3.05, 3.63) is 82.6 Å². The van der Waals surface area contributed by atoms with Gasteiger partial charge < -0.3 is 58.4 Å². The zero-order valence-corrected chi connectivity index (χ0v) is 42.3. The molecule has 22 heteroatoms. The molecule has 4 aliphatic rings. The second-order valence-electron chi connectivity index (χ2n) is 18.9. The number of piperidine rings is 2. The number of aromatic nitrogens is 2. The van der Waals surface area contributed by atoms with Gasteiger partial charge in [-0.3, -0.25) is 29.4 Å². The predicted molar refractivity (Wildman–Crippen MR) is 272 cm³/mol. The third-order valence-electron chi connectivity index (χ3n) is 13.7. The zero-order valence-electron chi connectivity index (χ0n) is 41.6.